The lowest BCUT2D eigenvalue weighted by molar-refractivity contribution is -0.384. The molecule has 0 aliphatic carbocycles. The highest BCUT2D eigenvalue weighted by molar-refractivity contribution is 7.94. The van der Waals surface area contributed by atoms with Crippen LogP contribution in [0.2, 0.25) is 5.02 Å². The van der Waals surface area contributed by atoms with Gasteiger partial charge in [0.2, 0.25) is 0 Å². The summed E-state index contributed by atoms with van der Waals surface area (Å²) in [5, 5.41) is 14.8. The zero-order chi connectivity index (χ0) is 13.3. The number of sulfone groups is 1. The molecule has 8 heteroatoms. The number of nitrogens with one attached hydrogen (secondary N) is 1. The van der Waals surface area contributed by atoms with E-state index in [0.29, 0.717) is 5.69 Å². The molecule has 18 heavy (non-hydrogen) atoms. The molecule has 0 saturated carbocycles. The van der Waals surface area contributed by atoms with Crippen molar-refractivity contribution in [2.45, 2.75) is 6.04 Å². The molecule has 1 heterocycles. The second-order valence-corrected chi connectivity index (χ2v) is 6.17. The summed E-state index contributed by atoms with van der Waals surface area (Å²) in [6.07, 6.45) is 1.52. The maximum atomic E-state index is 11.2. The van der Waals surface area contributed by atoms with Crippen molar-refractivity contribution in [1.82, 2.24) is 0 Å². The van der Waals surface area contributed by atoms with E-state index in [1.807, 2.05) is 0 Å². The van der Waals surface area contributed by atoms with Gasteiger partial charge in [0.1, 0.15) is 0 Å². The third kappa shape index (κ3) is 2.80. The van der Waals surface area contributed by atoms with E-state index < -0.39 is 14.8 Å². The number of nitro groups is 1. The van der Waals surface area contributed by atoms with Crippen LogP contribution in [-0.2, 0) is 9.84 Å². The third-order valence-corrected chi connectivity index (χ3v) is 4.14. The largest absolute Gasteiger partial charge is 0.377 e. The van der Waals surface area contributed by atoms with Gasteiger partial charge in [-0.2, -0.15) is 0 Å². The summed E-state index contributed by atoms with van der Waals surface area (Å²) in [4.78, 5) is 9.98. The number of nitrogens with zero attached hydrogens (tertiary/aromatic N) is 1. The van der Waals surface area contributed by atoms with Crippen LogP contribution in [0, 0.1) is 10.1 Å². The molecule has 6 nitrogen and oxygen atoms in total. The summed E-state index contributed by atoms with van der Waals surface area (Å²) in [7, 11) is -3.14. The summed E-state index contributed by atoms with van der Waals surface area (Å²) in [6, 6.07) is 3.62. The van der Waals surface area contributed by atoms with Crippen LogP contribution in [0.25, 0.3) is 0 Å². The number of halogens is 1. The molecular formula is C10H9ClN2O4S. The molecule has 96 valence electrons. The molecule has 0 saturated heterocycles. The third-order valence-electron chi connectivity index (χ3n) is 2.43. The van der Waals surface area contributed by atoms with Gasteiger partial charge in [-0.3, -0.25) is 10.1 Å². The number of hydrogen-bond donors (Lipinski definition) is 1. The lowest BCUT2D eigenvalue weighted by Gasteiger charge is -2.12. The minimum atomic E-state index is -3.14. The molecule has 1 atom stereocenters. The van der Waals surface area contributed by atoms with Crippen LogP contribution in [-0.4, -0.2) is 25.1 Å². The molecule has 0 unspecified atom stereocenters. The van der Waals surface area contributed by atoms with Gasteiger partial charge in [-0.25, -0.2) is 8.42 Å². The quantitative estimate of drug-likeness (QED) is 0.678. The topological polar surface area (TPSA) is 89.3 Å². The highest BCUT2D eigenvalue weighted by atomic mass is 35.5. The van der Waals surface area contributed by atoms with E-state index in [-0.39, 0.29) is 22.5 Å². The Morgan fingerprint density at radius 2 is 2.17 bits per heavy atom. The highest BCUT2D eigenvalue weighted by Gasteiger charge is 2.22. The average molecular weight is 289 g/mol. The number of hydrogen-bond acceptors (Lipinski definition) is 5. The first-order chi connectivity index (χ1) is 8.37. The van der Waals surface area contributed by atoms with Gasteiger partial charge < -0.3 is 5.32 Å². The van der Waals surface area contributed by atoms with Gasteiger partial charge in [0.05, 0.1) is 27.4 Å². The van der Waals surface area contributed by atoms with E-state index in [0.717, 1.165) is 5.41 Å². The first-order valence-corrected chi connectivity index (χ1v) is 7.08. The molecule has 0 fully saturated rings. The summed E-state index contributed by atoms with van der Waals surface area (Å²) >= 11 is 5.88. The Kier molecular flexibility index (Phi) is 3.27. The first-order valence-electron chi connectivity index (χ1n) is 4.99. The minimum Gasteiger partial charge on any atom is -0.377 e. The fraction of sp³-hybridized carbons (Fsp3) is 0.200. The summed E-state index contributed by atoms with van der Waals surface area (Å²) in [5.41, 5.74) is 0.356. The Morgan fingerprint density at radius 1 is 1.44 bits per heavy atom. The molecule has 0 aromatic heterocycles. The van der Waals surface area contributed by atoms with Gasteiger partial charge in [-0.15, -0.1) is 0 Å². The molecule has 0 radical (unpaired) electrons. The molecule has 1 aliphatic rings. The molecule has 1 N–H and O–H groups in total. The van der Waals surface area contributed by atoms with Crippen molar-refractivity contribution in [3.8, 4) is 0 Å². The maximum absolute atomic E-state index is 11.2. The van der Waals surface area contributed by atoms with E-state index in [4.69, 9.17) is 11.6 Å². The molecule has 1 aliphatic heterocycles. The predicted octanol–water partition coefficient (Wildman–Crippen LogP) is 1.97. The zero-order valence-corrected chi connectivity index (χ0v) is 10.6. The normalized spacial score (nSPS) is 20.8. The fourth-order valence-electron chi connectivity index (χ4n) is 1.60. The van der Waals surface area contributed by atoms with Crippen LogP contribution < -0.4 is 5.32 Å². The molecule has 0 amide bonds. The van der Waals surface area contributed by atoms with E-state index in [9.17, 15) is 18.5 Å². The van der Waals surface area contributed by atoms with Crippen LogP contribution in [0.5, 0.6) is 0 Å². The summed E-state index contributed by atoms with van der Waals surface area (Å²) in [5.74, 6) is -0.0414. The van der Waals surface area contributed by atoms with Crippen molar-refractivity contribution in [1.29, 1.82) is 0 Å². The number of benzene rings is 1. The standard InChI is InChI=1S/C10H9ClN2O4S/c11-9-5-8(13(14)15)1-2-10(9)12-7-3-4-18(16,17)6-7/h1-5,7,12H,6H2/t7-/m0/s1. The van der Waals surface area contributed by atoms with E-state index >= 15 is 0 Å². The molecule has 1 aromatic carbocycles. The molecule has 0 spiro atoms. The van der Waals surface area contributed by atoms with Crippen LogP contribution in [0.3, 0.4) is 0 Å². The van der Waals surface area contributed by atoms with E-state index in [1.54, 1.807) is 0 Å². The summed E-state index contributed by atoms with van der Waals surface area (Å²) < 4.78 is 22.4. The average Bonchev–Trinajstić information content (AvgIpc) is 2.61. The number of anilines is 1. The van der Waals surface area contributed by atoms with Gasteiger partial charge in [0.25, 0.3) is 5.69 Å². The van der Waals surface area contributed by atoms with Crippen LogP contribution in [0.1, 0.15) is 0 Å². The predicted molar refractivity (Wildman–Crippen MR) is 68.4 cm³/mol. The Hall–Kier alpha value is -1.60. The summed E-state index contributed by atoms with van der Waals surface area (Å²) in [6.45, 7) is 0. The number of nitro benzene ring substituents is 1. The SMILES string of the molecule is O=[N+]([O-])c1ccc(N[C@H]2C=CS(=O)(=O)C2)c(Cl)c1. The van der Waals surface area contributed by atoms with Crippen LogP contribution in [0.4, 0.5) is 11.4 Å². The first kappa shape index (κ1) is 12.8. The van der Waals surface area contributed by atoms with Crippen molar-refractivity contribution in [3.63, 3.8) is 0 Å². The molecule has 1 aromatic rings. The zero-order valence-electron chi connectivity index (χ0n) is 9.04. The van der Waals surface area contributed by atoms with Crippen LogP contribution >= 0.6 is 11.6 Å². The monoisotopic (exact) mass is 288 g/mol. The number of rotatable bonds is 3. The van der Waals surface area contributed by atoms with Crippen molar-refractivity contribution in [2.75, 3.05) is 11.1 Å². The van der Waals surface area contributed by atoms with Gasteiger partial charge in [0, 0.05) is 17.5 Å². The van der Waals surface area contributed by atoms with Crippen molar-refractivity contribution < 1.29 is 13.3 Å². The second-order valence-electron chi connectivity index (χ2n) is 3.83. The Bertz CT molecular complexity index is 627. The minimum absolute atomic E-state index is 0.0414. The van der Waals surface area contributed by atoms with Gasteiger partial charge in [-0.1, -0.05) is 17.7 Å². The Labute approximate surface area is 108 Å². The Balaban J connectivity index is 2.16. The van der Waals surface area contributed by atoms with Gasteiger partial charge in [-0.05, 0) is 6.07 Å². The van der Waals surface area contributed by atoms with E-state index in [1.165, 1.54) is 24.3 Å². The van der Waals surface area contributed by atoms with Crippen molar-refractivity contribution >= 4 is 32.8 Å². The second kappa shape index (κ2) is 4.58. The molecule has 0 bridgehead atoms. The lowest BCUT2D eigenvalue weighted by atomic mass is 10.2. The number of non-ortho nitro benzene ring substituents is 1. The van der Waals surface area contributed by atoms with Gasteiger partial charge >= 0.3 is 0 Å². The van der Waals surface area contributed by atoms with Crippen molar-refractivity contribution in [2.24, 2.45) is 0 Å². The lowest BCUT2D eigenvalue weighted by Crippen LogP contribution is -2.21. The molecular weight excluding hydrogens is 280 g/mol. The van der Waals surface area contributed by atoms with E-state index in [2.05, 4.69) is 5.32 Å². The van der Waals surface area contributed by atoms with Crippen molar-refractivity contribution in [3.05, 3.63) is 44.8 Å². The molecule has 2 rings (SSSR count). The highest BCUT2D eigenvalue weighted by Crippen LogP contribution is 2.28. The van der Waals surface area contributed by atoms with Gasteiger partial charge in [0.15, 0.2) is 9.84 Å². The Morgan fingerprint density at radius 3 is 2.67 bits per heavy atom. The smallest absolute Gasteiger partial charge is 0.271 e. The maximum Gasteiger partial charge on any atom is 0.271 e. The fourth-order valence-corrected chi connectivity index (χ4v) is 3.06. The van der Waals surface area contributed by atoms with Crippen LogP contribution in [0.15, 0.2) is 29.7 Å².